The Balaban J connectivity index is 1.73. The summed E-state index contributed by atoms with van der Waals surface area (Å²) < 4.78 is 5.19. The van der Waals surface area contributed by atoms with Gasteiger partial charge >= 0.3 is 0 Å². The van der Waals surface area contributed by atoms with E-state index in [2.05, 4.69) is 5.32 Å². The Bertz CT molecular complexity index is 933. The molecule has 2 unspecified atom stereocenters. The van der Waals surface area contributed by atoms with E-state index in [1.165, 1.54) is 7.11 Å². The van der Waals surface area contributed by atoms with Gasteiger partial charge in [-0.05, 0) is 35.6 Å². The third-order valence-corrected chi connectivity index (χ3v) is 5.41. The van der Waals surface area contributed by atoms with Crippen molar-refractivity contribution in [3.63, 3.8) is 0 Å². The van der Waals surface area contributed by atoms with Gasteiger partial charge in [-0.1, -0.05) is 36.4 Å². The minimum absolute atomic E-state index is 0.0369. The van der Waals surface area contributed by atoms with Gasteiger partial charge in [0.15, 0.2) is 17.3 Å². The number of carbonyl (C=O) groups excluding carboxylic acids is 2. The van der Waals surface area contributed by atoms with Crippen molar-refractivity contribution in [3.05, 3.63) is 70.9 Å². The quantitative estimate of drug-likeness (QED) is 0.876. The highest BCUT2D eigenvalue weighted by Gasteiger charge is 2.38. The molecule has 27 heavy (non-hydrogen) atoms. The predicted octanol–water partition coefficient (Wildman–Crippen LogP) is 3.41. The molecule has 0 saturated heterocycles. The van der Waals surface area contributed by atoms with Crippen LogP contribution in [0.1, 0.15) is 42.2 Å². The number of hydrogen-bond donors (Lipinski definition) is 2. The van der Waals surface area contributed by atoms with Crippen LogP contribution in [0.3, 0.4) is 0 Å². The number of amides is 1. The van der Waals surface area contributed by atoms with Crippen LogP contribution in [0.5, 0.6) is 11.5 Å². The van der Waals surface area contributed by atoms with E-state index in [0.29, 0.717) is 24.2 Å². The number of ether oxygens (including phenoxy) is 1. The van der Waals surface area contributed by atoms with E-state index in [9.17, 15) is 14.7 Å². The van der Waals surface area contributed by atoms with Crippen molar-refractivity contribution in [1.29, 1.82) is 0 Å². The first-order valence-electron chi connectivity index (χ1n) is 9.04. The highest BCUT2D eigenvalue weighted by atomic mass is 16.5. The Kier molecular flexibility index (Phi) is 4.44. The number of ketones is 1. The molecule has 5 nitrogen and oxygen atoms in total. The van der Waals surface area contributed by atoms with Gasteiger partial charge in [0.25, 0.3) is 0 Å². The molecule has 5 heteroatoms. The molecule has 2 atom stereocenters. The van der Waals surface area contributed by atoms with E-state index >= 15 is 0 Å². The van der Waals surface area contributed by atoms with E-state index in [1.807, 2.05) is 30.3 Å². The molecule has 0 spiro atoms. The lowest BCUT2D eigenvalue weighted by atomic mass is 9.73. The summed E-state index contributed by atoms with van der Waals surface area (Å²) in [4.78, 5) is 25.4. The fourth-order valence-corrected chi connectivity index (χ4v) is 4.12. The first kappa shape index (κ1) is 17.3. The molecule has 1 aliphatic heterocycles. The largest absolute Gasteiger partial charge is 0.504 e. The second-order valence-electron chi connectivity index (χ2n) is 7.07. The maximum absolute atomic E-state index is 13.0. The highest BCUT2D eigenvalue weighted by Crippen LogP contribution is 2.43. The molecule has 0 radical (unpaired) electrons. The second-order valence-corrected chi connectivity index (χ2v) is 7.07. The van der Waals surface area contributed by atoms with E-state index in [1.54, 1.807) is 18.2 Å². The van der Waals surface area contributed by atoms with Crippen LogP contribution in [-0.2, 0) is 9.59 Å². The Hall–Kier alpha value is -3.08. The van der Waals surface area contributed by atoms with Gasteiger partial charge in [0.1, 0.15) is 0 Å². The van der Waals surface area contributed by atoms with Crippen LogP contribution in [-0.4, -0.2) is 23.9 Å². The predicted molar refractivity (Wildman–Crippen MR) is 101 cm³/mol. The molecule has 0 saturated carbocycles. The summed E-state index contributed by atoms with van der Waals surface area (Å²) >= 11 is 0. The monoisotopic (exact) mass is 363 g/mol. The molecule has 1 amide bonds. The SMILES string of the molecule is COc1cc(C2CC(=O)NC3=C2C(=O)CC(c2ccccc2)C3)ccc1O. The molecule has 0 fully saturated rings. The average molecular weight is 363 g/mol. The van der Waals surface area contributed by atoms with Gasteiger partial charge in [0, 0.05) is 30.0 Å². The average Bonchev–Trinajstić information content (AvgIpc) is 2.68. The molecule has 1 aliphatic carbocycles. The van der Waals surface area contributed by atoms with Crippen LogP contribution in [0.4, 0.5) is 0 Å². The van der Waals surface area contributed by atoms with Crippen molar-refractivity contribution in [2.24, 2.45) is 0 Å². The summed E-state index contributed by atoms with van der Waals surface area (Å²) in [5.41, 5.74) is 3.33. The van der Waals surface area contributed by atoms with Crippen LogP contribution in [0.15, 0.2) is 59.8 Å². The number of benzene rings is 2. The summed E-state index contributed by atoms with van der Waals surface area (Å²) in [7, 11) is 1.48. The Morgan fingerprint density at radius 1 is 1.00 bits per heavy atom. The van der Waals surface area contributed by atoms with Gasteiger partial charge in [-0.15, -0.1) is 0 Å². The molecular weight excluding hydrogens is 342 g/mol. The smallest absolute Gasteiger partial charge is 0.225 e. The molecule has 2 N–H and O–H groups in total. The van der Waals surface area contributed by atoms with Gasteiger partial charge in [-0.3, -0.25) is 9.59 Å². The van der Waals surface area contributed by atoms with E-state index < -0.39 is 0 Å². The van der Waals surface area contributed by atoms with Crippen LogP contribution in [0.2, 0.25) is 0 Å². The molecule has 1 heterocycles. The van der Waals surface area contributed by atoms with E-state index in [0.717, 1.165) is 16.8 Å². The van der Waals surface area contributed by atoms with Crippen molar-refractivity contribution >= 4 is 11.7 Å². The Morgan fingerprint density at radius 2 is 1.78 bits per heavy atom. The van der Waals surface area contributed by atoms with Crippen molar-refractivity contribution in [1.82, 2.24) is 5.32 Å². The normalized spacial score (nSPS) is 22.3. The Labute approximate surface area is 157 Å². The summed E-state index contributed by atoms with van der Waals surface area (Å²) in [5.74, 6) is 0.119. The Morgan fingerprint density at radius 3 is 2.52 bits per heavy atom. The number of nitrogens with one attached hydrogen (secondary N) is 1. The number of rotatable bonds is 3. The van der Waals surface area contributed by atoms with Crippen molar-refractivity contribution in [2.45, 2.75) is 31.1 Å². The zero-order valence-corrected chi connectivity index (χ0v) is 15.1. The molecule has 0 bridgehead atoms. The summed E-state index contributed by atoms with van der Waals surface area (Å²) in [5, 5.41) is 12.8. The highest BCUT2D eigenvalue weighted by molar-refractivity contribution is 6.02. The fourth-order valence-electron chi connectivity index (χ4n) is 4.12. The van der Waals surface area contributed by atoms with E-state index in [4.69, 9.17) is 4.74 Å². The minimum atomic E-state index is -0.313. The number of aromatic hydroxyl groups is 1. The van der Waals surface area contributed by atoms with Gasteiger partial charge in [-0.25, -0.2) is 0 Å². The topological polar surface area (TPSA) is 75.6 Å². The van der Waals surface area contributed by atoms with Crippen molar-refractivity contribution < 1.29 is 19.4 Å². The van der Waals surface area contributed by atoms with Crippen LogP contribution < -0.4 is 10.1 Å². The van der Waals surface area contributed by atoms with Crippen LogP contribution in [0, 0.1) is 0 Å². The van der Waals surface area contributed by atoms with Crippen molar-refractivity contribution in [2.75, 3.05) is 7.11 Å². The standard InChI is InChI=1S/C22H21NO4/c1-27-20-11-14(7-8-18(20)24)16-12-21(26)23-17-9-15(10-19(25)22(16)17)13-5-3-2-4-6-13/h2-8,11,15-16,24H,9-10,12H2,1H3,(H,23,26). The van der Waals surface area contributed by atoms with Crippen LogP contribution >= 0.6 is 0 Å². The second kappa shape index (κ2) is 6.91. The first-order chi connectivity index (χ1) is 13.1. The molecule has 2 aromatic rings. The van der Waals surface area contributed by atoms with Gasteiger partial charge in [-0.2, -0.15) is 0 Å². The summed E-state index contributed by atoms with van der Waals surface area (Å²) in [6.45, 7) is 0. The lowest BCUT2D eigenvalue weighted by Crippen LogP contribution is -2.38. The minimum Gasteiger partial charge on any atom is -0.504 e. The fraction of sp³-hybridized carbons (Fsp3) is 0.273. The number of Topliss-reactive ketones (excluding diaryl/α,β-unsaturated/α-hetero) is 1. The number of methoxy groups -OCH3 is 1. The zero-order chi connectivity index (χ0) is 19.0. The molecule has 2 aliphatic rings. The number of phenols is 1. The maximum Gasteiger partial charge on any atom is 0.225 e. The number of phenolic OH excluding ortho intramolecular Hbond substituents is 1. The lowest BCUT2D eigenvalue weighted by Gasteiger charge is -2.34. The lowest BCUT2D eigenvalue weighted by molar-refractivity contribution is -0.122. The molecule has 4 rings (SSSR count). The van der Waals surface area contributed by atoms with Crippen LogP contribution in [0.25, 0.3) is 0 Å². The zero-order valence-electron chi connectivity index (χ0n) is 15.1. The molecular formula is C22H21NO4. The first-order valence-corrected chi connectivity index (χ1v) is 9.04. The summed E-state index contributed by atoms with van der Waals surface area (Å²) in [6, 6.07) is 14.9. The molecule has 0 aromatic heterocycles. The van der Waals surface area contributed by atoms with Gasteiger partial charge in [0.2, 0.25) is 5.91 Å². The summed E-state index contributed by atoms with van der Waals surface area (Å²) in [6.07, 6.45) is 1.29. The number of carbonyl (C=O) groups is 2. The number of allylic oxidation sites excluding steroid dienone is 2. The van der Waals surface area contributed by atoms with E-state index in [-0.39, 0.29) is 35.7 Å². The number of hydrogen-bond acceptors (Lipinski definition) is 4. The maximum atomic E-state index is 13.0. The third-order valence-electron chi connectivity index (χ3n) is 5.41. The van der Waals surface area contributed by atoms with Gasteiger partial charge in [0.05, 0.1) is 7.11 Å². The third kappa shape index (κ3) is 3.21. The van der Waals surface area contributed by atoms with Gasteiger partial charge < -0.3 is 15.2 Å². The van der Waals surface area contributed by atoms with Crippen molar-refractivity contribution in [3.8, 4) is 11.5 Å². The molecule has 138 valence electrons. The molecule has 2 aromatic carbocycles.